The quantitative estimate of drug-likeness (QED) is 0.561. The predicted molar refractivity (Wildman–Crippen MR) is 79.6 cm³/mol. The van der Waals surface area contributed by atoms with Crippen LogP contribution in [0.25, 0.3) is 0 Å². The van der Waals surface area contributed by atoms with Gasteiger partial charge in [-0.05, 0) is 38.8 Å². The number of ether oxygens (including phenoxy) is 1. The van der Waals surface area contributed by atoms with E-state index < -0.39 is 5.97 Å². The van der Waals surface area contributed by atoms with Crippen LogP contribution in [0.15, 0.2) is 42.0 Å². The monoisotopic (exact) mass is 274 g/mol. The highest BCUT2D eigenvalue weighted by atomic mass is 16.5. The number of benzene rings is 1. The van der Waals surface area contributed by atoms with Gasteiger partial charge in [-0.3, -0.25) is 4.79 Å². The number of carbonyl (C=O) groups is 2. The number of hydrogen-bond acceptors (Lipinski definition) is 3. The standard InChI is InChI=1S/C17H22O3/c1-13(2)8-7-9-14(3)16(18)12-20-17(19)15-10-5-4-6-11-15/h4-6,8,10-11,14H,7,9,12H2,1-3H3. The highest BCUT2D eigenvalue weighted by Crippen LogP contribution is 2.10. The van der Waals surface area contributed by atoms with Crippen molar-refractivity contribution in [1.82, 2.24) is 0 Å². The Labute approximate surface area is 120 Å². The van der Waals surface area contributed by atoms with Crippen LogP contribution in [0.5, 0.6) is 0 Å². The van der Waals surface area contributed by atoms with Crippen molar-refractivity contribution in [2.45, 2.75) is 33.6 Å². The Bertz CT molecular complexity index is 470. The van der Waals surface area contributed by atoms with Crippen molar-refractivity contribution in [2.24, 2.45) is 5.92 Å². The molecule has 0 aliphatic carbocycles. The Morgan fingerprint density at radius 3 is 2.45 bits per heavy atom. The third-order valence-corrected chi connectivity index (χ3v) is 3.06. The Morgan fingerprint density at radius 1 is 1.20 bits per heavy atom. The van der Waals surface area contributed by atoms with Crippen LogP contribution in [0.3, 0.4) is 0 Å². The van der Waals surface area contributed by atoms with Gasteiger partial charge in [-0.15, -0.1) is 0 Å². The third-order valence-electron chi connectivity index (χ3n) is 3.06. The van der Waals surface area contributed by atoms with Gasteiger partial charge in [0.1, 0.15) is 0 Å². The molecule has 0 saturated heterocycles. The van der Waals surface area contributed by atoms with Crippen molar-refractivity contribution in [3.8, 4) is 0 Å². The summed E-state index contributed by atoms with van der Waals surface area (Å²) >= 11 is 0. The molecule has 0 aliphatic heterocycles. The van der Waals surface area contributed by atoms with Crippen LogP contribution in [0.1, 0.15) is 44.0 Å². The smallest absolute Gasteiger partial charge is 0.338 e. The number of hydrogen-bond donors (Lipinski definition) is 0. The van der Waals surface area contributed by atoms with Crippen molar-refractivity contribution >= 4 is 11.8 Å². The fraction of sp³-hybridized carbons (Fsp3) is 0.412. The van der Waals surface area contributed by atoms with E-state index in [9.17, 15) is 9.59 Å². The SMILES string of the molecule is CC(C)=CCCC(C)C(=O)COC(=O)c1ccccc1. The first-order chi connectivity index (χ1) is 9.50. The number of Topliss-reactive ketones (excluding diaryl/α,β-unsaturated/α-hetero) is 1. The van der Waals surface area contributed by atoms with E-state index >= 15 is 0 Å². The molecule has 0 fully saturated rings. The molecular weight excluding hydrogens is 252 g/mol. The van der Waals surface area contributed by atoms with Crippen molar-refractivity contribution < 1.29 is 14.3 Å². The zero-order valence-corrected chi connectivity index (χ0v) is 12.4. The molecule has 0 saturated carbocycles. The molecule has 1 atom stereocenters. The van der Waals surface area contributed by atoms with Crippen LogP contribution in [0.2, 0.25) is 0 Å². The number of rotatable bonds is 7. The second-order valence-electron chi connectivity index (χ2n) is 5.17. The maximum atomic E-state index is 11.9. The first-order valence-corrected chi connectivity index (χ1v) is 6.89. The molecule has 1 aromatic carbocycles. The van der Waals surface area contributed by atoms with Gasteiger partial charge in [0.05, 0.1) is 5.56 Å². The summed E-state index contributed by atoms with van der Waals surface area (Å²) in [5.74, 6) is -0.568. The van der Waals surface area contributed by atoms with Crippen LogP contribution in [-0.2, 0) is 9.53 Å². The summed E-state index contributed by atoms with van der Waals surface area (Å²) in [5.41, 5.74) is 1.72. The molecule has 0 amide bonds. The van der Waals surface area contributed by atoms with Gasteiger partial charge < -0.3 is 4.74 Å². The molecule has 0 aliphatic rings. The Hall–Kier alpha value is -1.90. The van der Waals surface area contributed by atoms with E-state index in [1.807, 2.05) is 26.8 Å². The fourth-order valence-corrected chi connectivity index (χ4v) is 1.72. The van der Waals surface area contributed by atoms with E-state index in [0.717, 1.165) is 12.8 Å². The van der Waals surface area contributed by atoms with E-state index in [-0.39, 0.29) is 18.3 Å². The normalized spacial score (nSPS) is 11.6. The van der Waals surface area contributed by atoms with Gasteiger partial charge in [0.15, 0.2) is 12.4 Å². The zero-order chi connectivity index (χ0) is 15.0. The molecule has 20 heavy (non-hydrogen) atoms. The van der Waals surface area contributed by atoms with E-state index in [0.29, 0.717) is 5.56 Å². The first kappa shape index (κ1) is 16.2. The number of carbonyl (C=O) groups excluding carboxylic acids is 2. The van der Waals surface area contributed by atoms with Crippen LogP contribution in [0, 0.1) is 5.92 Å². The molecule has 0 bridgehead atoms. The summed E-state index contributed by atoms with van der Waals surface area (Å²) < 4.78 is 5.03. The molecule has 1 unspecified atom stereocenters. The summed E-state index contributed by atoms with van der Waals surface area (Å²) in [5, 5.41) is 0. The van der Waals surface area contributed by atoms with Gasteiger partial charge >= 0.3 is 5.97 Å². The molecule has 0 aromatic heterocycles. The molecule has 0 radical (unpaired) electrons. The second kappa shape index (κ2) is 8.31. The Morgan fingerprint density at radius 2 is 1.85 bits per heavy atom. The van der Waals surface area contributed by atoms with Crippen molar-refractivity contribution in [2.75, 3.05) is 6.61 Å². The van der Waals surface area contributed by atoms with Crippen LogP contribution < -0.4 is 0 Å². The van der Waals surface area contributed by atoms with Crippen molar-refractivity contribution in [3.63, 3.8) is 0 Å². The van der Waals surface area contributed by atoms with E-state index in [1.165, 1.54) is 5.57 Å². The highest BCUT2D eigenvalue weighted by Gasteiger charge is 2.15. The van der Waals surface area contributed by atoms with Crippen molar-refractivity contribution in [1.29, 1.82) is 0 Å². The van der Waals surface area contributed by atoms with E-state index in [2.05, 4.69) is 6.08 Å². The average Bonchev–Trinajstić information content (AvgIpc) is 2.44. The van der Waals surface area contributed by atoms with Crippen molar-refractivity contribution in [3.05, 3.63) is 47.5 Å². The third kappa shape index (κ3) is 5.83. The largest absolute Gasteiger partial charge is 0.454 e. The lowest BCUT2D eigenvalue weighted by Crippen LogP contribution is -2.20. The summed E-state index contributed by atoms with van der Waals surface area (Å²) in [4.78, 5) is 23.5. The van der Waals surface area contributed by atoms with Gasteiger partial charge in [0.25, 0.3) is 0 Å². The lowest BCUT2D eigenvalue weighted by atomic mass is 10.0. The number of ketones is 1. The molecule has 108 valence electrons. The summed E-state index contributed by atoms with van der Waals surface area (Å²) in [7, 11) is 0. The van der Waals surface area contributed by atoms with Gasteiger partial charge in [-0.2, -0.15) is 0 Å². The summed E-state index contributed by atoms with van der Waals surface area (Å²) in [6, 6.07) is 8.70. The minimum Gasteiger partial charge on any atom is -0.454 e. The molecule has 3 nitrogen and oxygen atoms in total. The molecule has 0 N–H and O–H groups in total. The maximum Gasteiger partial charge on any atom is 0.338 e. The van der Waals surface area contributed by atoms with Gasteiger partial charge in [0, 0.05) is 5.92 Å². The molecule has 0 heterocycles. The lowest BCUT2D eigenvalue weighted by molar-refractivity contribution is -0.125. The Balaban J connectivity index is 2.36. The van der Waals surface area contributed by atoms with Crippen LogP contribution in [-0.4, -0.2) is 18.4 Å². The molecule has 1 rings (SSSR count). The minimum absolute atomic E-state index is 0.0311. The van der Waals surface area contributed by atoms with Gasteiger partial charge in [-0.1, -0.05) is 36.8 Å². The maximum absolute atomic E-state index is 11.9. The molecular formula is C17H22O3. The molecule has 0 spiro atoms. The van der Waals surface area contributed by atoms with Crippen LogP contribution >= 0.6 is 0 Å². The fourth-order valence-electron chi connectivity index (χ4n) is 1.72. The average molecular weight is 274 g/mol. The predicted octanol–water partition coefficient (Wildman–Crippen LogP) is 3.80. The van der Waals surface area contributed by atoms with Crippen LogP contribution in [0.4, 0.5) is 0 Å². The first-order valence-electron chi connectivity index (χ1n) is 6.89. The molecule has 3 heteroatoms. The Kier molecular flexibility index (Phi) is 6.71. The number of allylic oxidation sites excluding steroid dienone is 2. The van der Waals surface area contributed by atoms with Gasteiger partial charge in [0.2, 0.25) is 0 Å². The number of esters is 1. The second-order valence-corrected chi connectivity index (χ2v) is 5.17. The van der Waals surface area contributed by atoms with E-state index in [4.69, 9.17) is 4.74 Å². The molecule has 1 aromatic rings. The van der Waals surface area contributed by atoms with Gasteiger partial charge in [-0.25, -0.2) is 4.79 Å². The lowest BCUT2D eigenvalue weighted by Gasteiger charge is -2.09. The summed E-state index contributed by atoms with van der Waals surface area (Å²) in [6.45, 7) is 5.80. The summed E-state index contributed by atoms with van der Waals surface area (Å²) in [6.07, 6.45) is 3.77. The zero-order valence-electron chi connectivity index (χ0n) is 12.4. The minimum atomic E-state index is -0.449. The van der Waals surface area contributed by atoms with E-state index in [1.54, 1.807) is 24.3 Å². The highest BCUT2D eigenvalue weighted by molar-refractivity contribution is 5.91. The topological polar surface area (TPSA) is 43.4 Å².